The minimum absolute atomic E-state index is 0.0346. The van der Waals surface area contributed by atoms with Gasteiger partial charge in [0.1, 0.15) is 0 Å². The molecule has 0 amide bonds. The molecule has 0 radical (unpaired) electrons. The molecule has 2 rings (SSSR count). The molecular weight excluding hydrogens is 280 g/mol. The van der Waals surface area contributed by atoms with Crippen LogP contribution in [0.2, 0.25) is 0 Å². The monoisotopic (exact) mass is 298 g/mol. The predicted molar refractivity (Wildman–Crippen MR) is 88.9 cm³/mol. The largest absolute Gasteiger partial charge is 0.483 e. The standard InChI is InChI=1S/C18H18O2S/c1-2-3-13-20-18(21)16-12-8-7-11-15(16)17(19)14-9-5-4-6-10-14/h4-12H,2-3,13H2,1H3. The summed E-state index contributed by atoms with van der Waals surface area (Å²) in [5.74, 6) is -0.0346. The van der Waals surface area contributed by atoms with Gasteiger partial charge in [-0.15, -0.1) is 0 Å². The Labute approximate surface area is 130 Å². The van der Waals surface area contributed by atoms with Crippen LogP contribution in [0.15, 0.2) is 54.6 Å². The molecule has 3 heteroatoms. The third kappa shape index (κ3) is 3.99. The molecule has 0 aliphatic rings. The van der Waals surface area contributed by atoms with Gasteiger partial charge in [0.25, 0.3) is 0 Å². The molecule has 0 saturated carbocycles. The van der Waals surface area contributed by atoms with Gasteiger partial charge in [0.2, 0.25) is 0 Å². The summed E-state index contributed by atoms with van der Waals surface area (Å²) in [6.45, 7) is 2.68. The summed E-state index contributed by atoms with van der Waals surface area (Å²) in [6.07, 6.45) is 2.00. The lowest BCUT2D eigenvalue weighted by molar-refractivity contribution is 0.103. The smallest absolute Gasteiger partial charge is 0.193 e. The van der Waals surface area contributed by atoms with Crippen LogP contribution in [0.3, 0.4) is 0 Å². The molecule has 0 heterocycles. The summed E-state index contributed by atoms with van der Waals surface area (Å²) >= 11 is 5.32. The highest BCUT2D eigenvalue weighted by Crippen LogP contribution is 2.16. The van der Waals surface area contributed by atoms with Gasteiger partial charge < -0.3 is 4.74 Å². The molecule has 21 heavy (non-hydrogen) atoms. The van der Waals surface area contributed by atoms with Crippen LogP contribution in [-0.2, 0) is 4.74 Å². The first-order valence-corrected chi connectivity index (χ1v) is 7.50. The summed E-state index contributed by atoms with van der Waals surface area (Å²) < 4.78 is 5.57. The zero-order valence-electron chi connectivity index (χ0n) is 12.0. The van der Waals surface area contributed by atoms with Gasteiger partial charge in [-0.2, -0.15) is 0 Å². The minimum Gasteiger partial charge on any atom is -0.483 e. The zero-order chi connectivity index (χ0) is 15.1. The molecule has 0 atom stereocenters. The number of carbonyl (C=O) groups excluding carboxylic acids is 1. The molecule has 0 spiro atoms. The molecule has 0 unspecified atom stereocenters. The van der Waals surface area contributed by atoms with E-state index in [4.69, 9.17) is 17.0 Å². The van der Waals surface area contributed by atoms with Crippen LogP contribution < -0.4 is 0 Å². The van der Waals surface area contributed by atoms with Crippen LogP contribution in [0.25, 0.3) is 0 Å². The van der Waals surface area contributed by atoms with Crippen molar-refractivity contribution < 1.29 is 9.53 Å². The molecule has 0 saturated heterocycles. The molecule has 108 valence electrons. The molecule has 0 aromatic heterocycles. The summed E-state index contributed by atoms with van der Waals surface area (Å²) in [5, 5.41) is 0.392. The number of hydrogen-bond donors (Lipinski definition) is 0. The summed E-state index contributed by atoms with van der Waals surface area (Å²) in [4.78, 5) is 12.6. The van der Waals surface area contributed by atoms with Gasteiger partial charge >= 0.3 is 0 Å². The highest BCUT2D eigenvalue weighted by molar-refractivity contribution is 7.80. The summed E-state index contributed by atoms with van der Waals surface area (Å²) in [5.41, 5.74) is 1.93. The van der Waals surface area contributed by atoms with Crippen LogP contribution in [0, 0.1) is 0 Å². The van der Waals surface area contributed by atoms with E-state index < -0.39 is 0 Å². The Kier molecular flexibility index (Phi) is 5.64. The van der Waals surface area contributed by atoms with Crippen molar-refractivity contribution in [2.75, 3.05) is 6.61 Å². The Morgan fingerprint density at radius 3 is 2.29 bits per heavy atom. The van der Waals surface area contributed by atoms with Crippen molar-refractivity contribution in [2.45, 2.75) is 19.8 Å². The molecule has 2 aromatic carbocycles. The number of ketones is 1. The van der Waals surface area contributed by atoms with E-state index in [9.17, 15) is 4.79 Å². The van der Waals surface area contributed by atoms with Gasteiger partial charge in [-0.25, -0.2) is 0 Å². The number of hydrogen-bond acceptors (Lipinski definition) is 3. The number of thiocarbonyl (C=S) groups is 1. The van der Waals surface area contributed by atoms with E-state index in [1.165, 1.54) is 0 Å². The van der Waals surface area contributed by atoms with Crippen LogP contribution in [0.1, 0.15) is 41.3 Å². The number of rotatable bonds is 6. The Hall–Kier alpha value is -2.00. The predicted octanol–water partition coefficient (Wildman–Crippen LogP) is 4.41. The normalized spacial score (nSPS) is 10.1. The summed E-state index contributed by atoms with van der Waals surface area (Å²) in [6, 6.07) is 16.5. The molecule has 2 nitrogen and oxygen atoms in total. The SMILES string of the molecule is CCCCOC(=S)c1ccccc1C(=O)c1ccccc1. The van der Waals surface area contributed by atoms with Gasteiger partial charge in [0.05, 0.1) is 6.61 Å². The highest BCUT2D eigenvalue weighted by atomic mass is 32.1. The van der Waals surface area contributed by atoms with Crippen molar-refractivity contribution in [1.82, 2.24) is 0 Å². The van der Waals surface area contributed by atoms with Crippen molar-refractivity contribution in [2.24, 2.45) is 0 Å². The maximum absolute atomic E-state index is 12.6. The first-order chi connectivity index (χ1) is 10.2. The number of unbranched alkanes of at least 4 members (excludes halogenated alkanes) is 1. The highest BCUT2D eigenvalue weighted by Gasteiger charge is 2.16. The first kappa shape index (κ1) is 15.4. The lowest BCUT2D eigenvalue weighted by Crippen LogP contribution is -2.12. The third-order valence-electron chi connectivity index (χ3n) is 3.16. The molecule has 0 fully saturated rings. The number of ether oxygens (including phenoxy) is 1. The molecule has 0 aliphatic carbocycles. The zero-order valence-corrected chi connectivity index (χ0v) is 12.9. The van der Waals surface area contributed by atoms with Crippen molar-refractivity contribution in [3.05, 3.63) is 71.3 Å². The van der Waals surface area contributed by atoms with E-state index in [0.29, 0.717) is 28.3 Å². The fourth-order valence-corrected chi connectivity index (χ4v) is 2.25. The van der Waals surface area contributed by atoms with Crippen molar-refractivity contribution in [1.29, 1.82) is 0 Å². The Bertz CT molecular complexity index is 620. The van der Waals surface area contributed by atoms with E-state index in [0.717, 1.165) is 12.8 Å². The lowest BCUT2D eigenvalue weighted by Gasteiger charge is -2.11. The maximum atomic E-state index is 12.6. The second-order valence-corrected chi connectivity index (χ2v) is 5.10. The van der Waals surface area contributed by atoms with E-state index in [1.54, 1.807) is 18.2 Å². The van der Waals surface area contributed by atoms with Gasteiger partial charge in [0.15, 0.2) is 10.8 Å². The van der Waals surface area contributed by atoms with E-state index in [1.807, 2.05) is 36.4 Å². The van der Waals surface area contributed by atoms with E-state index in [2.05, 4.69) is 6.92 Å². The number of carbonyl (C=O) groups is 1. The van der Waals surface area contributed by atoms with Crippen molar-refractivity contribution in [3.63, 3.8) is 0 Å². The van der Waals surface area contributed by atoms with Crippen molar-refractivity contribution in [3.8, 4) is 0 Å². The fraction of sp³-hybridized carbons (Fsp3) is 0.222. The molecule has 0 N–H and O–H groups in total. The van der Waals surface area contributed by atoms with Crippen molar-refractivity contribution >= 4 is 23.1 Å². The fourth-order valence-electron chi connectivity index (χ4n) is 1.99. The van der Waals surface area contributed by atoms with E-state index >= 15 is 0 Å². The Morgan fingerprint density at radius 1 is 1.00 bits per heavy atom. The van der Waals surface area contributed by atoms with Gasteiger partial charge in [-0.1, -0.05) is 61.9 Å². The second kappa shape index (κ2) is 7.70. The van der Waals surface area contributed by atoms with Gasteiger partial charge in [0, 0.05) is 16.7 Å². The average Bonchev–Trinajstić information content (AvgIpc) is 2.55. The van der Waals surface area contributed by atoms with Crippen LogP contribution in [0.4, 0.5) is 0 Å². The minimum atomic E-state index is -0.0346. The van der Waals surface area contributed by atoms with Gasteiger partial charge in [-0.3, -0.25) is 4.79 Å². The summed E-state index contributed by atoms with van der Waals surface area (Å²) in [7, 11) is 0. The van der Waals surface area contributed by atoms with Gasteiger partial charge in [-0.05, 0) is 24.7 Å². The maximum Gasteiger partial charge on any atom is 0.193 e. The van der Waals surface area contributed by atoms with Crippen LogP contribution in [0.5, 0.6) is 0 Å². The molecule has 2 aromatic rings. The second-order valence-electron chi connectivity index (χ2n) is 4.73. The quantitative estimate of drug-likeness (QED) is 0.449. The molecule has 0 aliphatic heterocycles. The first-order valence-electron chi connectivity index (χ1n) is 7.10. The topological polar surface area (TPSA) is 26.3 Å². The van der Waals surface area contributed by atoms with Crippen LogP contribution >= 0.6 is 12.2 Å². The number of benzene rings is 2. The molecular formula is C18H18O2S. The average molecular weight is 298 g/mol. The third-order valence-corrected chi connectivity index (χ3v) is 3.50. The Balaban J connectivity index is 2.25. The lowest BCUT2D eigenvalue weighted by atomic mass is 9.99. The Morgan fingerprint density at radius 2 is 1.62 bits per heavy atom. The molecule has 0 bridgehead atoms. The van der Waals surface area contributed by atoms with E-state index in [-0.39, 0.29) is 5.78 Å². The van der Waals surface area contributed by atoms with Crippen LogP contribution in [-0.4, -0.2) is 17.4 Å².